The second-order valence-electron chi connectivity index (χ2n) is 7.59. The van der Waals surface area contributed by atoms with Crippen LogP contribution in [0, 0.1) is 0 Å². The highest BCUT2D eigenvalue weighted by Gasteiger charge is 2.34. The van der Waals surface area contributed by atoms with Crippen molar-refractivity contribution in [3.8, 4) is 0 Å². The van der Waals surface area contributed by atoms with Gasteiger partial charge in [0.1, 0.15) is 0 Å². The summed E-state index contributed by atoms with van der Waals surface area (Å²) in [5.74, 6) is -1.06. The fourth-order valence-electron chi connectivity index (χ4n) is 3.42. The Balaban J connectivity index is 1.82. The summed E-state index contributed by atoms with van der Waals surface area (Å²) in [6.07, 6.45) is -2.74. The lowest BCUT2D eigenvalue weighted by molar-refractivity contribution is -0.137. The SMILES string of the molecule is COC(=O)c1ccc(S(=O)(=O)N(Cc2cnc3ccccc3c2)c2ncc(C(F)(F)F)cc2Cl)cc1. The van der Waals surface area contributed by atoms with E-state index in [-0.39, 0.29) is 17.0 Å². The lowest BCUT2D eigenvalue weighted by atomic mass is 10.1. The van der Waals surface area contributed by atoms with Crippen molar-refractivity contribution in [1.82, 2.24) is 9.97 Å². The van der Waals surface area contributed by atoms with E-state index in [9.17, 15) is 26.4 Å². The number of carbonyl (C=O) groups excluding carboxylic acids is 1. The molecule has 7 nitrogen and oxygen atoms in total. The molecule has 0 bridgehead atoms. The van der Waals surface area contributed by atoms with Gasteiger partial charge in [0.2, 0.25) is 0 Å². The summed E-state index contributed by atoms with van der Waals surface area (Å²) in [4.78, 5) is 19.6. The van der Waals surface area contributed by atoms with Crippen LogP contribution < -0.4 is 4.31 Å². The molecule has 0 saturated carbocycles. The van der Waals surface area contributed by atoms with Crippen LogP contribution in [-0.2, 0) is 27.5 Å². The maximum atomic E-state index is 13.7. The molecule has 4 aromatic rings. The standard InChI is InChI=1S/C24H17ClF3N3O4S/c1-35-23(32)16-6-8-19(9-7-16)36(33,34)31(22-20(25)11-18(13-30-22)24(26,27)28)14-15-10-17-4-2-3-5-21(17)29-12-15/h2-13H,14H2,1H3. The van der Waals surface area contributed by atoms with E-state index in [0.717, 1.165) is 9.69 Å². The average Bonchev–Trinajstić information content (AvgIpc) is 2.86. The minimum Gasteiger partial charge on any atom is -0.465 e. The topological polar surface area (TPSA) is 89.5 Å². The largest absolute Gasteiger partial charge is 0.465 e. The number of hydrogen-bond donors (Lipinski definition) is 0. The second kappa shape index (κ2) is 9.75. The molecular weight excluding hydrogens is 519 g/mol. The predicted molar refractivity (Wildman–Crippen MR) is 127 cm³/mol. The van der Waals surface area contributed by atoms with Gasteiger partial charge >= 0.3 is 12.1 Å². The number of methoxy groups -OCH3 is 1. The van der Waals surface area contributed by atoms with Gasteiger partial charge in [-0.15, -0.1) is 0 Å². The van der Waals surface area contributed by atoms with Crippen molar-refractivity contribution < 1.29 is 31.1 Å². The van der Waals surface area contributed by atoms with Crippen LogP contribution in [0.4, 0.5) is 19.0 Å². The van der Waals surface area contributed by atoms with E-state index in [1.807, 2.05) is 0 Å². The molecule has 0 spiro atoms. The minimum absolute atomic E-state index is 0.118. The monoisotopic (exact) mass is 535 g/mol. The summed E-state index contributed by atoms with van der Waals surface area (Å²) in [5.41, 5.74) is 0.122. The van der Waals surface area contributed by atoms with Crippen LogP contribution in [0.2, 0.25) is 5.02 Å². The first kappa shape index (κ1) is 25.4. The Kier molecular flexibility index (Phi) is 6.87. The summed E-state index contributed by atoms with van der Waals surface area (Å²) in [6, 6.07) is 14.4. The second-order valence-corrected chi connectivity index (χ2v) is 9.86. The Morgan fingerprint density at radius 2 is 1.72 bits per heavy atom. The van der Waals surface area contributed by atoms with E-state index in [0.29, 0.717) is 23.3 Å². The Morgan fingerprint density at radius 3 is 2.36 bits per heavy atom. The van der Waals surface area contributed by atoms with Crippen LogP contribution in [0.1, 0.15) is 21.5 Å². The third kappa shape index (κ3) is 5.12. The Hall–Kier alpha value is -3.70. The van der Waals surface area contributed by atoms with Crippen molar-refractivity contribution in [2.75, 3.05) is 11.4 Å². The molecule has 0 aliphatic heterocycles. The first-order chi connectivity index (χ1) is 17.0. The van der Waals surface area contributed by atoms with E-state index in [4.69, 9.17) is 11.6 Å². The number of carbonyl (C=O) groups is 1. The number of esters is 1. The molecule has 0 unspecified atom stereocenters. The van der Waals surface area contributed by atoms with Gasteiger partial charge in [0, 0.05) is 17.8 Å². The smallest absolute Gasteiger partial charge is 0.417 e. The summed E-state index contributed by atoms with van der Waals surface area (Å²) >= 11 is 6.13. The summed E-state index contributed by atoms with van der Waals surface area (Å²) in [7, 11) is -3.22. The van der Waals surface area contributed by atoms with E-state index in [2.05, 4.69) is 14.7 Å². The van der Waals surface area contributed by atoms with Gasteiger partial charge in [-0.3, -0.25) is 4.98 Å². The van der Waals surface area contributed by atoms with Gasteiger partial charge in [0.15, 0.2) is 5.82 Å². The third-order valence-corrected chi connectivity index (χ3v) is 7.25. The Labute approximate surface area is 209 Å². The number of fused-ring (bicyclic) bond motifs is 1. The molecule has 0 N–H and O–H groups in total. The third-order valence-electron chi connectivity index (χ3n) is 5.22. The molecule has 0 atom stereocenters. The van der Waals surface area contributed by atoms with Crippen LogP contribution in [0.5, 0.6) is 0 Å². The number of anilines is 1. The normalized spacial score (nSPS) is 11.9. The number of halogens is 4. The molecule has 2 aromatic heterocycles. The summed E-state index contributed by atoms with van der Waals surface area (Å²) in [5, 5.41) is 0.231. The van der Waals surface area contributed by atoms with E-state index < -0.39 is 38.6 Å². The molecule has 0 fully saturated rings. The fourth-order valence-corrected chi connectivity index (χ4v) is 5.17. The van der Waals surface area contributed by atoms with Crippen LogP contribution >= 0.6 is 11.6 Å². The van der Waals surface area contributed by atoms with Crippen molar-refractivity contribution in [2.24, 2.45) is 0 Å². The Bertz CT molecular complexity index is 1540. The highest BCUT2D eigenvalue weighted by Crippen LogP contribution is 2.36. The molecule has 0 aliphatic rings. The fraction of sp³-hybridized carbons (Fsp3) is 0.125. The molecule has 2 aromatic carbocycles. The number of pyridine rings is 2. The van der Waals surface area contributed by atoms with Crippen molar-refractivity contribution in [1.29, 1.82) is 0 Å². The van der Waals surface area contributed by atoms with Gasteiger partial charge in [0.25, 0.3) is 10.0 Å². The molecule has 0 amide bonds. The maximum absolute atomic E-state index is 13.7. The molecule has 0 radical (unpaired) electrons. The lowest BCUT2D eigenvalue weighted by Gasteiger charge is -2.25. The molecule has 2 heterocycles. The Morgan fingerprint density at radius 1 is 1.03 bits per heavy atom. The van der Waals surface area contributed by atoms with Crippen LogP contribution in [0.3, 0.4) is 0 Å². The van der Waals surface area contributed by atoms with Crippen LogP contribution in [-0.4, -0.2) is 31.5 Å². The van der Waals surface area contributed by atoms with Crippen LogP contribution in [0.15, 0.2) is 78.0 Å². The number of nitrogens with zero attached hydrogens (tertiary/aromatic N) is 3. The van der Waals surface area contributed by atoms with E-state index in [1.165, 1.54) is 37.6 Å². The van der Waals surface area contributed by atoms with Gasteiger partial charge in [-0.05, 0) is 48.0 Å². The van der Waals surface area contributed by atoms with Gasteiger partial charge in [-0.25, -0.2) is 22.5 Å². The molecule has 0 aliphatic carbocycles. The van der Waals surface area contributed by atoms with Gasteiger partial charge in [-0.1, -0.05) is 29.8 Å². The highest BCUT2D eigenvalue weighted by molar-refractivity contribution is 7.92. The quantitative estimate of drug-likeness (QED) is 0.304. The first-order valence-electron chi connectivity index (χ1n) is 10.3. The molecule has 12 heteroatoms. The zero-order valence-corrected chi connectivity index (χ0v) is 20.1. The van der Waals surface area contributed by atoms with Crippen LogP contribution in [0.25, 0.3) is 10.9 Å². The zero-order valence-electron chi connectivity index (χ0n) is 18.5. The number of benzene rings is 2. The summed E-state index contributed by atoms with van der Waals surface area (Å²) < 4.78 is 72.2. The van der Waals surface area contributed by atoms with Crippen molar-refractivity contribution in [3.63, 3.8) is 0 Å². The average molecular weight is 536 g/mol. The van der Waals surface area contributed by atoms with Gasteiger partial charge in [-0.2, -0.15) is 13.2 Å². The first-order valence-corrected chi connectivity index (χ1v) is 12.1. The number of para-hydroxylation sites is 1. The number of hydrogen-bond acceptors (Lipinski definition) is 6. The van der Waals surface area contributed by atoms with Crippen molar-refractivity contribution in [3.05, 3.63) is 94.8 Å². The molecule has 186 valence electrons. The van der Waals surface area contributed by atoms with Crippen molar-refractivity contribution >= 4 is 44.3 Å². The molecule has 0 saturated heterocycles. The predicted octanol–water partition coefficient (Wildman–Crippen LogP) is 5.48. The molecule has 36 heavy (non-hydrogen) atoms. The summed E-state index contributed by atoms with van der Waals surface area (Å²) in [6.45, 7) is -0.322. The van der Waals surface area contributed by atoms with E-state index in [1.54, 1.807) is 30.3 Å². The highest BCUT2D eigenvalue weighted by atomic mass is 35.5. The van der Waals surface area contributed by atoms with Crippen molar-refractivity contribution in [2.45, 2.75) is 17.6 Å². The van der Waals surface area contributed by atoms with E-state index >= 15 is 0 Å². The number of aromatic nitrogens is 2. The number of ether oxygens (including phenoxy) is 1. The zero-order chi connectivity index (χ0) is 26.1. The van der Waals surface area contributed by atoms with Gasteiger partial charge in [0.05, 0.1) is 40.2 Å². The number of rotatable bonds is 6. The number of alkyl halides is 3. The lowest BCUT2D eigenvalue weighted by Crippen LogP contribution is -2.32. The maximum Gasteiger partial charge on any atom is 0.417 e. The molecule has 4 rings (SSSR count). The molecular formula is C24H17ClF3N3O4S. The van der Waals surface area contributed by atoms with Gasteiger partial charge < -0.3 is 4.74 Å². The number of sulfonamides is 1. The minimum atomic E-state index is -4.72.